The molecule has 0 saturated heterocycles. The Balaban J connectivity index is 1.58. The minimum Gasteiger partial charge on any atom is -0.494 e. The smallest absolute Gasteiger partial charge is 0.319 e. The van der Waals surface area contributed by atoms with E-state index in [9.17, 15) is 9.18 Å². The average molecular weight is 300 g/mol. The monoisotopic (exact) mass is 300 g/mol. The molecule has 2 aromatic rings. The predicted octanol–water partition coefficient (Wildman–Crippen LogP) is 3.51. The summed E-state index contributed by atoms with van der Waals surface area (Å²) in [6, 6.07) is 13.9. The lowest BCUT2D eigenvalue weighted by Gasteiger charge is -2.11. The number of nitrogens with one attached hydrogen (secondary N) is 2. The van der Waals surface area contributed by atoms with Crippen molar-refractivity contribution in [2.75, 3.05) is 12.4 Å². The zero-order valence-electron chi connectivity index (χ0n) is 12.2. The van der Waals surface area contributed by atoms with Crippen molar-refractivity contribution in [3.8, 4) is 5.75 Å². The first kappa shape index (κ1) is 14.4. The molecule has 2 aromatic carbocycles. The number of halogens is 1. The molecule has 0 aromatic heterocycles. The molecule has 3 rings (SSSR count). The van der Waals surface area contributed by atoms with Crippen molar-refractivity contribution in [1.29, 1.82) is 0 Å². The van der Waals surface area contributed by atoms with E-state index in [4.69, 9.17) is 4.74 Å². The molecule has 2 atom stereocenters. The van der Waals surface area contributed by atoms with E-state index in [1.807, 2.05) is 18.2 Å². The van der Waals surface area contributed by atoms with Crippen LogP contribution in [0.1, 0.15) is 17.9 Å². The van der Waals surface area contributed by atoms with Crippen molar-refractivity contribution in [3.63, 3.8) is 0 Å². The summed E-state index contributed by atoms with van der Waals surface area (Å²) in [5.74, 6) is 0.252. The number of carbonyl (C=O) groups excluding carboxylic acids is 1. The van der Waals surface area contributed by atoms with Gasteiger partial charge in [-0.2, -0.15) is 0 Å². The second-order valence-electron chi connectivity index (χ2n) is 5.30. The van der Waals surface area contributed by atoms with Crippen LogP contribution in [0.5, 0.6) is 5.75 Å². The zero-order chi connectivity index (χ0) is 15.5. The van der Waals surface area contributed by atoms with E-state index in [2.05, 4.69) is 22.8 Å². The average Bonchev–Trinajstić information content (AvgIpc) is 3.29. The fourth-order valence-corrected chi connectivity index (χ4v) is 2.52. The fourth-order valence-electron chi connectivity index (χ4n) is 2.52. The number of benzene rings is 2. The molecule has 1 aliphatic carbocycles. The van der Waals surface area contributed by atoms with Gasteiger partial charge in [0.05, 0.1) is 12.8 Å². The quantitative estimate of drug-likeness (QED) is 0.908. The van der Waals surface area contributed by atoms with E-state index < -0.39 is 5.82 Å². The molecule has 2 N–H and O–H groups in total. The van der Waals surface area contributed by atoms with E-state index >= 15 is 0 Å². The van der Waals surface area contributed by atoms with Crippen molar-refractivity contribution >= 4 is 11.7 Å². The van der Waals surface area contributed by atoms with Gasteiger partial charge in [-0.05, 0) is 24.1 Å². The summed E-state index contributed by atoms with van der Waals surface area (Å²) in [5.41, 5.74) is 1.67. The Morgan fingerprint density at radius 1 is 1.23 bits per heavy atom. The molecule has 114 valence electrons. The molecule has 1 aliphatic rings. The highest BCUT2D eigenvalue weighted by atomic mass is 19.1. The maximum Gasteiger partial charge on any atom is 0.319 e. The van der Waals surface area contributed by atoms with E-state index in [0.717, 1.165) is 6.42 Å². The van der Waals surface area contributed by atoms with Crippen LogP contribution >= 0.6 is 0 Å². The van der Waals surface area contributed by atoms with E-state index in [1.165, 1.54) is 30.9 Å². The van der Waals surface area contributed by atoms with Gasteiger partial charge in [0.2, 0.25) is 0 Å². The van der Waals surface area contributed by atoms with E-state index in [-0.39, 0.29) is 12.1 Å². The zero-order valence-corrected chi connectivity index (χ0v) is 12.2. The summed E-state index contributed by atoms with van der Waals surface area (Å²) >= 11 is 0. The number of hydrogen-bond donors (Lipinski definition) is 2. The number of anilines is 1. The third-order valence-electron chi connectivity index (χ3n) is 3.75. The number of hydrogen-bond acceptors (Lipinski definition) is 2. The maximum absolute atomic E-state index is 13.1. The van der Waals surface area contributed by atoms with Crippen molar-refractivity contribution in [2.45, 2.75) is 18.4 Å². The summed E-state index contributed by atoms with van der Waals surface area (Å²) in [7, 11) is 1.43. The topological polar surface area (TPSA) is 50.4 Å². The molecule has 5 heteroatoms. The summed E-state index contributed by atoms with van der Waals surface area (Å²) in [4.78, 5) is 12.0. The first-order valence-corrected chi connectivity index (χ1v) is 7.13. The summed E-state index contributed by atoms with van der Waals surface area (Å²) < 4.78 is 18.2. The highest BCUT2D eigenvalue weighted by molar-refractivity contribution is 5.91. The van der Waals surface area contributed by atoms with Crippen molar-refractivity contribution in [3.05, 3.63) is 59.9 Å². The summed E-state index contributed by atoms with van der Waals surface area (Å²) in [5, 5.41) is 5.61. The van der Waals surface area contributed by atoms with E-state index in [0.29, 0.717) is 17.4 Å². The van der Waals surface area contributed by atoms with Crippen LogP contribution in [-0.4, -0.2) is 19.2 Å². The molecule has 2 amide bonds. The lowest BCUT2D eigenvalue weighted by Crippen LogP contribution is -2.31. The molecule has 0 aliphatic heterocycles. The molecule has 4 nitrogen and oxygen atoms in total. The number of ether oxygens (including phenoxy) is 1. The van der Waals surface area contributed by atoms with Crippen molar-refractivity contribution in [2.24, 2.45) is 0 Å². The Morgan fingerprint density at radius 3 is 2.73 bits per heavy atom. The molecule has 1 fully saturated rings. The van der Waals surface area contributed by atoms with Gasteiger partial charge in [0, 0.05) is 18.0 Å². The van der Waals surface area contributed by atoms with Crippen LogP contribution in [0.3, 0.4) is 0 Å². The summed E-state index contributed by atoms with van der Waals surface area (Å²) in [6.07, 6.45) is 0.929. The highest BCUT2D eigenvalue weighted by Gasteiger charge is 2.39. The first-order valence-electron chi connectivity index (χ1n) is 7.13. The first-order chi connectivity index (χ1) is 10.7. The second-order valence-corrected chi connectivity index (χ2v) is 5.30. The van der Waals surface area contributed by atoms with Crippen molar-refractivity contribution in [1.82, 2.24) is 5.32 Å². The highest BCUT2D eigenvalue weighted by Crippen LogP contribution is 2.40. The normalized spacial score (nSPS) is 19.4. The van der Waals surface area contributed by atoms with E-state index in [1.54, 1.807) is 0 Å². The number of urea groups is 1. The third-order valence-corrected chi connectivity index (χ3v) is 3.75. The van der Waals surface area contributed by atoms with Crippen LogP contribution in [0.2, 0.25) is 0 Å². The number of methoxy groups -OCH3 is 1. The maximum atomic E-state index is 13.1. The van der Waals surface area contributed by atoms with Gasteiger partial charge in [0.1, 0.15) is 11.6 Å². The third kappa shape index (κ3) is 3.19. The van der Waals surface area contributed by atoms with Gasteiger partial charge >= 0.3 is 6.03 Å². The molecular weight excluding hydrogens is 283 g/mol. The van der Waals surface area contributed by atoms with Gasteiger partial charge in [-0.15, -0.1) is 0 Å². The number of amides is 2. The second kappa shape index (κ2) is 6.05. The van der Waals surface area contributed by atoms with Gasteiger partial charge in [-0.3, -0.25) is 0 Å². The Hall–Kier alpha value is -2.56. The molecule has 0 bridgehead atoms. The van der Waals surface area contributed by atoms with Crippen LogP contribution in [0.25, 0.3) is 0 Å². The van der Waals surface area contributed by atoms with Crippen LogP contribution in [0, 0.1) is 5.82 Å². The van der Waals surface area contributed by atoms with Crippen LogP contribution in [-0.2, 0) is 0 Å². The Kier molecular flexibility index (Phi) is 3.96. The molecule has 0 spiro atoms. The molecule has 0 heterocycles. The van der Waals surface area contributed by atoms with Gasteiger partial charge in [0.15, 0.2) is 0 Å². The largest absolute Gasteiger partial charge is 0.494 e. The Labute approximate surface area is 128 Å². The van der Waals surface area contributed by atoms with Gasteiger partial charge in [0.25, 0.3) is 0 Å². The van der Waals surface area contributed by atoms with Crippen LogP contribution < -0.4 is 15.4 Å². The van der Waals surface area contributed by atoms with Gasteiger partial charge in [-0.1, -0.05) is 30.3 Å². The Morgan fingerprint density at radius 2 is 2.00 bits per heavy atom. The molecule has 22 heavy (non-hydrogen) atoms. The molecular formula is C17H17FN2O2. The number of carbonyl (C=O) groups is 1. The predicted molar refractivity (Wildman–Crippen MR) is 82.7 cm³/mol. The molecule has 2 unspecified atom stereocenters. The fraction of sp³-hybridized carbons (Fsp3) is 0.235. The standard InChI is InChI=1S/C17H17FN2O2/c1-22-16-9-12(18)7-8-14(16)19-17(21)20-15-10-13(15)11-5-3-2-4-6-11/h2-9,13,15H,10H2,1H3,(H2,19,20,21). The molecule has 0 radical (unpaired) electrons. The summed E-state index contributed by atoms with van der Waals surface area (Å²) in [6.45, 7) is 0. The van der Waals surface area contributed by atoms with Gasteiger partial charge in [-0.25, -0.2) is 9.18 Å². The van der Waals surface area contributed by atoms with Gasteiger partial charge < -0.3 is 15.4 Å². The lowest BCUT2D eigenvalue weighted by molar-refractivity contribution is 0.251. The minimum absolute atomic E-state index is 0.133. The SMILES string of the molecule is COc1cc(F)ccc1NC(=O)NC1CC1c1ccccc1. The lowest BCUT2D eigenvalue weighted by atomic mass is 10.1. The van der Waals surface area contributed by atoms with Crippen LogP contribution in [0.15, 0.2) is 48.5 Å². The van der Waals surface area contributed by atoms with Crippen LogP contribution in [0.4, 0.5) is 14.9 Å². The molecule has 1 saturated carbocycles. The number of rotatable bonds is 4. The van der Waals surface area contributed by atoms with Crippen molar-refractivity contribution < 1.29 is 13.9 Å². The Bertz CT molecular complexity index is 676. The minimum atomic E-state index is -0.408.